The lowest BCUT2D eigenvalue weighted by molar-refractivity contribution is -0.247. The van der Waals surface area contributed by atoms with Crippen molar-refractivity contribution in [3.8, 4) is 6.07 Å². The van der Waals surface area contributed by atoms with E-state index in [0.717, 1.165) is 5.39 Å². The molecule has 2 saturated heterocycles. The molecule has 0 aromatic carbocycles. The summed E-state index contributed by atoms with van der Waals surface area (Å²) in [5.41, 5.74) is -0.771. The lowest BCUT2D eigenvalue weighted by atomic mass is 9.72. The fourth-order valence-corrected chi connectivity index (χ4v) is 3.93. The van der Waals surface area contributed by atoms with E-state index in [1.54, 1.807) is 12.3 Å². The molecule has 4 rings (SSSR count). The van der Waals surface area contributed by atoms with E-state index in [4.69, 9.17) is 5.26 Å². The molecule has 0 radical (unpaired) electrons. The van der Waals surface area contributed by atoms with Gasteiger partial charge in [-0.25, -0.2) is 18.7 Å². The van der Waals surface area contributed by atoms with Gasteiger partial charge >= 0.3 is 0 Å². The van der Waals surface area contributed by atoms with Crippen molar-refractivity contribution in [1.29, 1.82) is 5.26 Å². The number of aromatic nitrogens is 3. The normalized spacial score (nSPS) is 21.2. The number of alkyl halides is 2. The Balaban J connectivity index is 1.57. The second-order valence-electron chi connectivity index (χ2n) is 6.48. The summed E-state index contributed by atoms with van der Waals surface area (Å²) in [6.45, 7) is 0.134. The molecule has 0 unspecified atom stereocenters. The number of halogens is 2. The van der Waals surface area contributed by atoms with Crippen molar-refractivity contribution in [2.45, 2.75) is 30.7 Å². The molecule has 25 heavy (non-hydrogen) atoms. The minimum atomic E-state index is -2.92. The van der Waals surface area contributed by atoms with Crippen LogP contribution in [0.15, 0.2) is 18.6 Å². The van der Waals surface area contributed by atoms with Gasteiger partial charge in [0.15, 0.2) is 0 Å². The van der Waals surface area contributed by atoms with Crippen LogP contribution >= 0.6 is 0 Å². The molecule has 130 valence electrons. The number of fused-ring (bicyclic) bond motifs is 1. The molecule has 0 saturated carbocycles. The van der Waals surface area contributed by atoms with Crippen LogP contribution in [0.4, 0.5) is 14.6 Å². The first-order valence-electron chi connectivity index (χ1n) is 8.07. The van der Waals surface area contributed by atoms with Crippen molar-refractivity contribution < 1.29 is 13.6 Å². The number of likely N-dealkylation sites (tertiary alicyclic amines) is 1. The Morgan fingerprint density at radius 1 is 1.36 bits per heavy atom. The fourth-order valence-electron chi connectivity index (χ4n) is 3.93. The van der Waals surface area contributed by atoms with Gasteiger partial charge in [-0.1, -0.05) is 0 Å². The lowest BCUT2D eigenvalue weighted by Gasteiger charge is -2.60. The number of amides is 1. The highest BCUT2D eigenvalue weighted by molar-refractivity contribution is 5.87. The number of H-pyrrole nitrogens is 1. The van der Waals surface area contributed by atoms with Gasteiger partial charge in [0, 0.05) is 19.3 Å². The number of aromatic amines is 1. The van der Waals surface area contributed by atoms with E-state index in [9.17, 15) is 13.6 Å². The zero-order valence-electron chi connectivity index (χ0n) is 13.4. The molecule has 2 aromatic rings. The largest absolute Gasteiger partial charge is 0.356 e. The van der Waals surface area contributed by atoms with E-state index < -0.39 is 23.9 Å². The van der Waals surface area contributed by atoms with E-state index in [0.29, 0.717) is 24.6 Å². The molecule has 2 aliphatic heterocycles. The van der Waals surface area contributed by atoms with Crippen molar-refractivity contribution >= 4 is 22.8 Å². The van der Waals surface area contributed by atoms with Crippen LogP contribution < -0.4 is 4.90 Å². The average molecular weight is 346 g/mol. The number of hydrogen-bond acceptors (Lipinski definition) is 5. The first-order valence-corrected chi connectivity index (χ1v) is 8.07. The van der Waals surface area contributed by atoms with Crippen molar-refractivity contribution in [3.63, 3.8) is 0 Å². The molecule has 1 amide bonds. The number of nitrogens with zero attached hydrogens (tertiary/aromatic N) is 5. The lowest BCUT2D eigenvalue weighted by Crippen LogP contribution is -2.78. The Morgan fingerprint density at radius 2 is 2.12 bits per heavy atom. The minimum Gasteiger partial charge on any atom is -0.356 e. The number of rotatable bonds is 2. The van der Waals surface area contributed by atoms with Gasteiger partial charge in [0.25, 0.3) is 5.92 Å². The van der Waals surface area contributed by atoms with Crippen LogP contribution in [-0.4, -0.2) is 56.9 Å². The third-order valence-corrected chi connectivity index (χ3v) is 5.31. The number of carbonyl (C=O) groups excluding carboxylic acids is 1. The van der Waals surface area contributed by atoms with Gasteiger partial charge in [-0.15, -0.1) is 0 Å². The van der Waals surface area contributed by atoms with Crippen molar-refractivity contribution in [2.24, 2.45) is 0 Å². The zero-order chi connectivity index (χ0) is 17.7. The maximum absolute atomic E-state index is 14.3. The van der Waals surface area contributed by atoms with E-state index in [1.165, 1.54) is 11.2 Å². The molecule has 2 aliphatic rings. The second-order valence-corrected chi connectivity index (χ2v) is 6.48. The van der Waals surface area contributed by atoms with Crippen LogP contribution in [0.5, 0.6) is 0 Å². The standard InChI is InChI=1S/C16H16F2N6O/c17-16(18)9-24(12(25)1-5-19)15(16)3-7-23(8-4-15)14-11-2-6-20-13(11)21-10-22-14/h2,6,10H,1,3-4,7-9H2,(H,20,21,22). The number of piperidine rings is 1. The maximum atomic E-state index is 14.3. The Morgan fingerprint density at radius 3 is 2.80 bits per heavy atom. The Hall–Kier alpha value is -2.76. The molecule has 1 N–H and O–H groups in total. The Kier molecular flexibility index (Phi) is 3.39. The number of anilines is 1. The number of nitrogens with one attached hydrogen (secondary N) is 1. The van der Waals surface area contributed by atoms with E-state index in [-0.39, 0.29) is 19.3 Å². The van der Waals surface area contributed by atoms with Gasteiger partial charge in [-0.3, -0.25) is 4.79 Å². The molecular weight excluding hydrogens is 330 g/mol. The second kappa shape index (κ2) is 5.37. The molecule has 7 nitrogen and oxygen atoms in total. The SMILES string of the molecule is N#CCC(=O)N1CC(F)(F)C12CCN(c1ncnc3[nH]ccc13)CC2. The van der Waals surface area contributed by atoms with Gasteiger partial charge in [0.1, 0.15) is 29.8 Å². The molecule has 1 spiro atoms. The third kappa shape index (κ3) is 2.17. The van der Waals surface area contributed by atoms with Crippen LogP contribution in [0.2, 0.25) is 0 Å². The van der Waals surface area contributed by atoms with E-state index in [2.05, 4.69) is 15.0 Å². The fraction of sp³-hybridized carbons (Fsp3) is 0.500. The first-order chi connectivity index (χ1) is 12.0. The first kappa shape index (κ1) is 15.7. The summed E-state index contributed by atoms with van der Waals surface area (Å²) < 4.78 is 28.7. The van der Waals surface area contributed by atoms with Crippen LogP contribution in [-0.2, 0) is 4.79 Å². The molecular formula is C16H16F2N6O. The van der Waals surface area contributed by atoms with Crippen molar-refractivity contribution in [2.75, 3.05) is 24.5 Å². The summed E-state index contributed by atoms with van der Waals surface area (Å²) in [4.78, 5) is 26.6. The Labute approximate surface area is 142 Å². The average Bonchev–Trinajstić information content (AvgIpc) is 3.09. The van der Waals surface area contributed by atoms with E-state index in [1.807, 2.05) is 11.0 Å². The molecule has 0 atom stereocenters. The number of hydrogen-bond donors (Lipinski definition) is 1. The van der Waals surface area contributed by atoms with E-state index >= 15 is 0 Å². The molecule has 4 heterocycles. The van der Waals surface area contributed by atoms with Gasteiger partial charge < -0.3 is 14.8 Å². The summed E-state index contributed by atoms with van der Waals surface area (Å²) >= 11 is 0. The summed E-state index contributed by atoms with van der Waals surface area (Å²) in [5.74, 6) is -2.73. The van der Waals surface area contributed by atoms with Gasteiger partial charge in [0.05, 0.1) is 18.0 Å². The smallest absolute Gasteiger partial charge is 0.288 e. The maximum Gasteiger partial charge on any atom is 0.288 e. The monoisotopic (exact) mass is 346 g/mol. The van der Waals surface area contributed by atoms with Crippen LogP contribution in [0.25, 0.3) is 11.0 Å². The minimum absolute atomic E-state index is 0.146. The molecule has 9 heteroatoms. The predicted octanol–water partition coefficient (Wildman–Crippen LogP) is 1.69. The molecule has 2 fully saturated rings. The van der Waals surface area contributed by atoms with Crippen LogP contribution in [0.1, 0.15) is 19.3 Å². The molecule has 0 aliphatic carbocycles. The summed E-state index contributed by atoms with van der Waals surface area (Å²) in [6, 6.07) is 3.61. The summed E-state index contributed by atoms with van der Waals surface area (Å²) in [6.07, 6.45) is 3.13. The van der Waals surface area contributed by atoms with Gasteiger partial charge in [0.2, 0.25) is 5.91 Å². The summed E-state index contributed by atoms with van der Waals surface area (Å²) in [7, 11) is 0. The predicted molar refractivity (Wildman–Crippen MR) is 85.0 cm³/mol. The number of carbonyl (C=O) groups is 1. The Bertz CT molecular complexity index is 865. The third-order valence-electron chi connectivity index (χ3n) is 5.31. The van der Waals surface area contributed by atoms with Gasteiger partial charge in [-0.05, 0) is 18.9 Å². The zero-order valence-corrected chi connectivity index (χ0v) is 13.4. The quantitative estimate of drug-likeness (QED) is 0.894. The van der Waals surface area contributed by atoms with Crippen molar-refractivity contribution in [3.05, 3.63) is 18.6 Å². The van der Waals surface area contributed by atoms with Crippen molar-refractivity contribution in [1.82, 2.24) is 19.9 Å². The topological polar surface area (TPSA) is 88.9 Å². The molecule has 0 bridgehead atoms. The highest BCUT2D eigenvalue weighted by Gasteiger charge is 2.68. The van der Waals surface area contributed by atoms with Crippen LogP contribution in [0, 0.1) is 11.3 Å². The molecule has 2 aromatic heterocycles. The highest BCUT2D eigenvalue weighted by Crippen LogP contribution is 2.51. The number of nitriles is 1. The van der Waals surface area contributed by atoms with Crippen LogP contribution in [0.3, 0.4) is 0 Å². The van der Waals surface area contributed by atoms with Gasteiger partial charge in [-0.2, -0.15) is 5.26 Å². The summed E-state index contributed by atoms with van der Waals surface area (Å²) in [5, 5.41) is 9.53. The highest BCUT2D eigenvalue weighted by atomic mass is 19.3.